The van der Waals surface area contributed by atoms with Gasteiger partial charge in [0.1, 0.15) is 0 Å². The minimum Gasteiger partial charge on any atom is -0.462 e. The van der Waals surface area contributed by atoms with Crippen LogP contribution in [0, 0.1) is 6.92 Å². The maximum Gasteiger partial charge on any atom is 0.341 e. The summed E-state index contributed by atoms with van der Waals surface area (Å²) in [5.41, 5.74) is 2.09. The highest BCUT2D eigenvalue weighted by atomic mass is 79.9. The van der Waals surface area contributed by atoms with E-state index in [4.69, 9.17) is 4.74 Å². The number of hydrogen-bond donors (Lipinski definition) is 1. The highest BCUT2D eigenvalue weighted by molar-refractivity contribution is 9.10. The molecule has 6 heteroatoms. The maximum atomic E-state index is 11.7. The first kappa shape index (κ1) is 15.4. The van der Waals surface area contributed by atoms with Gasteiger partial charge in [-0.1, -0.05) is 34.1 Å². The number of ether oxygens (including phenoxy) is 1. The van der Waals surface area contributed by atoms with Gasteiger partial charge in [0.05, 0.1) is 17.9 Å². The minimum atomic E-state index is -0.396. The van der Waals surface area contributed by atoms with Gasteiger partial charge in [-0.05, 0) is 25.5 Å². The standard InChI is InChI=1S/C15H16BrN3O2/c1-3-21-14(20)12-9-18-15(19-10(12)2)17-8-11-6-4-5-7-13(11)16/h4-7,9H,3,8H2,1-2H3,(H,17,18,19). The zero-order valence-corrected chi connectivity index (χ0v) is 13.5. The Morgan fingerprint density at radius 3 is 2.81 bits per heavy atom. The van der Waals surface area contributed by atoms with Crippen LogP contribution in [0.5, 0.6) is 0 Å². The zero-order valence-electron chi connectivity index (χ0n) is 11.9. The molecule has 0 aliphatic heterocycles. The van der Waals surface area contributed by atoms with Crippen molar-refractivity contribution in [2.45, 2.75) is 20.4 Å². The van der Waals surface area contributed by atoms with E-state index in [0.717, 1.165) is 10.0 Å². The fraction of sp³-hybridized carbons (Fsp3) is 0.267. The highest BCUT2D eigenvalue weighted by Gasteiger charge is 2.12. The third-order valence-corrected chi connectivity index (χ3v) is 3.64. The van der Waals surface area contributed by atoms with E-state index in [2.05, 4.69) is 31.2 Å². The molecule has 2 rings (SSSR count). The Morgan fingerprint density at radius 1 is 1.38 bits per heavy atom. The second-order valence-corrected chi connectivity index (χ2v) is 5.21. The first-order valence-electron chi connectivity index (χ1n) is 6.60. The Hall–Kier alpha value is -1.95. The molecule has 1 heterocycles. The summed E-state index contributed by atoms with van der Waals surface area (Å²) in [6, 6.07) is 7.92. The van der Waals surface area contributed by atoms with Crippen molar-refractivity contribution in [1.82, 2.24) is 9.97 Å². The van der Waals surface area contributed by atoms with Crippen LogP contribution in [0.2, 0.25) is 0 Å². The fourth-order valence-electron chi connectivity index (χ4n) is 1.78. The number of aryl methyl sites for hydroxylation is 1. The van der Waals surface area contributed by atoms with Gasteiger partial charge >= 0.3 is 5.97 Å². The molecule has 0 bridgehead atoms. The monoisotopic (exact) mass is 349 g/mol. The van der Waals surface area contributed by atoms with Gasteiger partial charge in [0, 0.05) is 17.2 Å². The summed E-state index contributed by atoms with van der Waals surface area (Å²) in [4.78, 5) is 20.1. The number of rotatable bonds is 5. The predicted octanol–water partition coefficient (Wildman–Crippen LogP) is 3.34. The van der Waals surface area contributed by atoms with Crippen molar-refractivity contribution in [1.29, 1.82) is 0 Å². The normalized spacial score (nSPS) is 10.2. The topological polar surface area (TPSA) is 64.1 Å². The second kappa shape index (κ2) is 7.17. The lowest BCUT2D eigenvalue weighted by molar-refractivity contribution is 0.0524. The number of aromatic nitrogens is 2. The summed E-state index contributed by atoms with van der Waals surface area (Å²) >= 11 is 3.49. The molecule has 0 aliphatic carbocycles. The molecular weight excluding hydrogens is 334 g/mol. The summed E-state index contributed by atoms with van der Waals surface area (Å²) in [6.45, 7) is 4.46. The van der Waals surface area contributed by atoms with Gasteiger partial charge in [-0.2, -0.15) is 0 Å². The van der Waals surface area contributed by atoms with Crippen molar-refractivity contribution in [2.75, 3.05) is 11.9 Å². The van der Waals surface area contributed by atoms with Gasteiger partial charge in [-0.25, -0.2) is 14.8 Å². The van der Waals surface area contributed by atoms with Crippen molar-refractivity contribution in [2.24, 2.45) is 0 Å². The Bertz CT molecular complexity index is 647. The number of benzene rings is 1. The van der Waals surface area contributed by atoms with Crippen LogP contribution in [0.3, 0.4) is 0 Å². The number of halogens is 1. The smallest absolute Gasteiger partial charge is 0.341 e. The second-order valence-electron chi connectivity index (χ2n) is 4.36. The van der Waals surface area contributed by atoms with E-state index in [0.29, 0.717) is 30.4 Å². The lowest BCUT2D eigenvalue weighted by atomic mass is 10.2. The molecule has 2 aromatic rings. The van der Waals surface area contributed by atoms with E-state index in [-0.39, 0.29) is 0 Å². The SMILES string of the molecule is CCOC(=O)c1cnc(NCc2ccccc2Br)nc1C. The van der Waals surface area contributed by atoms with Crippen LogP contribution < -0.4 is 5.32 Å². The van der Waals surface area contributed by atoms with Gasteiger partial charge < -0.3 is 10.1 Å². The Morgan fingerprint density at radius 2 is 2.14 bits per heavy atom. The van der Waals surface area contributed by atoms with Crippen LogP contribution in [-0.4, -0.2) is 22.5 Å². The third kappa shape index (κ3) is 4.01. The third-order valence-electron chi connectivity index (χ3n) is 2.87. The molecule has 1 aromatic heterocycles. The quantitative estimate of drug-likeness (QED) is 0.838. The molecule has 110 valence electrons. The average molecular weight is 350 g/mol. The molecule has 0 fully saturated rings. The van der Waals surface area contributed by atoms with Crippen LogP contribution in [0.25, 0.3) is 0 Å². The molecule has 0 spiro atoms. The van der Waals surface area contributed by atoms with E-state index < -0.39 is 5.97 Å². The van der Waals surface area contributed by atoms with Crippen LogP contribution in [-0.2, 0) is 11.3 Å². The van der Waals surface area contributed by atoms with Gasteiger partial charge in [0.25, 0.3) is 0 Å². The highest BCUT2D eigenvalue weighted by Crippen LogP contribution is 2.17. The Labute approximate surface area is 131 Å². The predicted molar refractivity (Wildman–Crippen MR) is 84.2 cm³/mol. The number of anilines is 1. The van der Waals surface area contributed by atoms with Crippen LogP contribution in [0.1, 0.15) is 28.5 Å². The van der Waals surface area contributed by atoms with E-state index in [1.165, 1.54) is 6.20 Å². The van der Waals surface area contributed by atoms with Crippen molar-refractivity contribution in [3.8, 4) is 0 Å². The molecule has 0 amide bonds. The van der Waals surface area contributed by atoms with Gasteiger partial charge in [0.2, 0.25) is 5.95 Å². The van der Waals surface area contributed by atoms with Crippen molar-refractivity contribution < 1.29 is 9.53 Å². The van der Waals surface area contributed by atoms with Gasteiger partial charge in [0.15, 0.2) is 0 Å². The molecule has 0 saturated heterocycles. The number of carbonyl (C=O) groups excluding carboxylic acids is 1. The number of hydrogen-bond acceptors (Lipinski definition) is 5. The van der Waals surface area contributed by atoms with Gasteiger partial charge in [-0.15, -0.1) is 0 Å². The van der Waals surface area contributed by atoms with Crippen LogP contribution in [0.4, 0.5) is 5.95 Å². The summed E-state index contributed by atoms with van der Waals surface area (Å²) in [5, 5.41) is 3.14. The van der Waals surface area contributed by atoms with E-state index >= 15 is 0 Å². The van der Waals surface area contributed by atoms with Crippen molar-refractivity contribution >= 4 is 27.8 Å². The number of esters is 1. The molecule has 0 radical (unpaired) electrons. The van der Waals surface area contributed by atoms with Crippen molar-refractivity contribution in [3.05, 3.63) is 51.8 Å². The van der Waals surface area contributed by atoms with E-state index in [9.17, 15) is 4.79 Å². The van der Waals surface area contributed by atoms with E-state index in [1.807, 2.05) is 24.3 Å². The largest absolute Gasteiger partial charge is 0.462 e. The molecule has 0 aliphatic rings. The minimum absolute atomic E-state index is 0.334. The molecule has 1 aromatic carbocycles. The molecule has 0 saturated carbocycles. The summed E-state index contributed by atoms with van der Waals surface area (Å²) in [5.74, 6) is 0.0867. The Kier molecular flexibility index (Phi) is 5.27. The zero-order chi connectivity index (χ0) is 15.2. The van der Waals surface area contributed by atoms with Crippen LogP contribution >= 0.6 is 15.9 Å². The molecule has 0 atom stereocenters. The lowest BCUT2D eigenvalue weighted by Gasteiger charge is -2.09. The molecule has 21 heavy (non-hydrogen) atoms. The molecule has 1 N–H and O–H groups in total. The number of nitrogens with zero attached hydrogens (tertiary/aromatic N) is 2. The summed E-state index contributed by atoms with van der Waals surface area (Å²) < 4.78 is 5.97. The Balaban J connectivity index is 2.07. The van der Waals surface area contributed by atoms with Crippen molar-refractivity contribution in [3.63, 3.8) is 0 Å². The first-order chi connectivity index (χ1) is 10.1. The maximum absolute atomic E-state index is 11.7. The number of nitrogens with one attached hydrogen (secondary N) is 1. The molecular formula is C15H16BrN3O2. The number of carbonyl (C=O) groups is 1. The molecule has 5 nitrogen and oxygen atoms in total. The average Bonchev–Trinajstić information content (AvgIpc) is 2.46. The first-order valence-corrected chi connectivity index (χ1v) is 7.39. The molecule has 0 unspecified atom stereocenters. The van der Waals surface area contributed by atoms with E-state index in [1.54, 1.807) is 13.8 Å². The van der Waals surface area contributed by atoms with Gasteiger partial charge in [-0.3, -0.25) is 0 Å². The fourth-order valence-corrected chi connectivity index (χ4v) is 2.20. The van der Waals surface area contributed by atoms with Crippen LogP contribution in [0.15, 0.2) is 34.9 Å². The lowest BCUT2D eigenvalue weighted by Crippen LogP contribution is -2.11. The summed E-state index contributed by atoms with van der Waals surface area (Å²) in [6.07, 6.45) is 1.49. The summed E-state index contributed by atoms with van der Waals surface area (Å²) in [7, 11) is 0.